The van der Waals surface area contributed by atoms with Crippen molar-refractivity contribution in [2.24, 2.45) is 0 Å². The maximum Gasteiger partial charge on any atom is 0.309 e. The molecule has 0 atom stereocenters. The Morgan fingerprint density at radius 3 is 1.95 bits per heavy atom. The van der Waals surface area contributed by atoms with Gasteiger partial charge >= 0.3 is 5.97 Å². The van der Waals surface area contributed by atoms with Crippen LogP contribution in [0.3, 0.4) is 0 Å². The van der Waals surface area contributed by atoms with Crippen LogP contribution < -0.4 is 5.73 Å². The van der Waals surface area contributed by atoms with Gasteiger partial charge in [-0.3, -0.25) is 4.79 Å². The molecule has 1 aromatic heterocycles. The van der Waals surface area contributed by atoms with Crippen LogP contribution in [-0.4, -0.2) is 16.1 Å². The first-order chi connectivity index (χ1) is 10.2. The summed E-state index contributed by atoms with van der Waals surface area (Å²) in [6.45, 7) is 0. The van der Waals surface area contributed by atoms with E-state index in [2.05, 4.69) is 4.98 Å². The number of carboxylic acid groups (broad SMARTS) is 1. The number of pyridine rings is 1. The van der Waals surface area contributed by atoms with Gasteiger partial charge in [-0.1, -0.05) is 58.0 Å². The number of nitrogens with two attached hydrogens (primary N) is 1. The molecule has 0 spiro atoms. The second-order valence-electron chi connectivity index (χ2n) is 4.25. The molecule has 0 saturated heterocycles. The van der Waals surface area contributed by atoms with Gasteiger partial charge in [0.2, 0.25) is 0 Å². The quantitative estimate of drug-likeness (QED) is 0.547. The van der Waals surface area contributed by atoms with Gasteiger partial charge in [-0.05, 0) is 12.1 Å². The highest BCUT2D eigenvalue weighted by molar-refractivity contribution is 6.56. The van der Waals surface area contributed by atoms with E-state index in [1.807, 2.05) is 0 Å². The van der Waals surface area contributed by atoms with E-state index in [9.17, 15) is 4.79 Å². The molecule has 0 bridgehead atoms. The lowest BCUT2D eigenvalue weighted by Gasteiger charge is -2.14. The van der Waals surface area contributed by atoms with Gasteiger partial charge in [0.25, 0.3) is 0 Å². The molecule has 2 rings (SSSR count). The van der Waals surface area contributed by atoms with E-state index in [0.29, 0.717) is 11.3 Å². The Morgan fingerprint density at radius 2 is 1.50 bits per heavy atom. The minimum Gasteiger partial charge on any atom is -0.481 e. The third-order valence-electron chi connectivity index (χ3n) is 2.79. The summed E-state index contributed by atoms with van der Waals surface area (Å²) in [5.41, 5.74) is 6.83. The van der Waals surface area contributed by atoms with Gasteiger partial charge in [-0.15, -0.1) is 0 Å². The van der Waals surface area contributed by atoms with Gasteiger partial charge < -0.3 is 10.8 Å². The fraction of sp³-hybridized carbons (Fsp3) is 0.0769. The number of rotatable bonds is 3. The standard InChI is InChI=1S/C13H7Cl5N2O2/c14-8-7(9(15)11(17)12(18)10(8)16)5-2-1-4(3-6(21)22)20-13(5)19/h1-2H,3H2,(H2,19,20)(H,21,22). The number of aromatic nitrogens is 1. The second-order valence-corrected chi connectivity index (χ2v) is 6.14. The molecule has 2 aromatic rings. The highest BCUT2D eigenvalue weighted by Crippen LogP contribution is 2.49. The Morgan fingerprint density at radius 1 is 1.00 bits per heavy atom. The molecule has 116 valence electrons. The normalized spacial score (nSPS) is 10.8. The molecule has 0 aliphatic rings. The molecule has 0 saturated carbocycles. The summed E-state index contributed by atoms with van der Waals surface area (Å²) in [6, 6.07) is 3.05. The SMILES string of the molecule is Nc1nc(CC(=O)O)ccc1-c1c(Cl)c(Cl)c(Cl)c(Cl)c1Cl. The Kier molecular flexibility index (Phi) is 5.30. The fourth-order valence-corrected chi connectivity index (χ4v) is 3.17. The molecule has 3 N–H and O–H groups in total. The highest BCUT2D eigenvalue weighted by Gasteiger charge is 2.22. The monoisotopic (exact) mass is 398 g/mol. The van der Waals surface area contributed by atoms with Gasteiger partial charge in [0.15, 0.2) is 0 Å². The highest BCUT2D eigenvalue weighted by atomic mass is 35.5. The second kappa shape index (κ2) is 6.69. The molecule has 1 heterocycles. The van der Waals surface area contributed by atoms with Gasteiger partial charge in [0.1, 0.15) is 5.82 Å². The maximum absolute atomic E-state index is 10.7. The topological polar surface area (TPSA) is 76.2 Å². The lowest BCUT2D eigenvalue weighted by Crippen LogP contribution is -2.05. The number of anilines is 1. The molecule has 0 unspecified atom stereocenters. The van der Waals surface area contributed by atoms with Crippen molar-refractivity contribution in [2.75, 3.05) is 5.73 Å². The Balaban J connectivity index is 2.65. The van der Waals surface area contributed by atoms with Crippen molar-refractivity contribution in [2.45, 2.75) is 6.42 Å². The number of nitrogen functional groups attached to an aromatic ring is 1. The minimum atomic E-state index is -1.02. The Bertz CT molecular complexity index is 751. The third-order valence-corrected chi connectivity index (χ3v) is 5.07. The first-order valence-corrected chi connectivity index (χ1v) is 7.62. The molecule has 0 aliphatic carbocycles. The van der Waals surface area contributed by atoms with Gasteiger partial charge in [0, 0.05) is 11.1 Å². The van der Waals surface area contributed by atoms with Crippen LogP contribution in [0.2, 0.25) is 25.1 Å². The molecule has 0 aliphatic heterocycles. The largest absolute Gasteiger partial charge is 0.481 e. The maximum atomic E-state index is 10.7. The van der Waals surface area contributed by atoms with Gasteiger partial charge in [-0.2, -0.15) is 0 Å². The van der Waals surface area contributed by atoms with Crippen molar-refractivity contribution in [3.05, 3.63) is 42.9 Å². The number of hydrogen-bond acceptors (Lipinski definition) is 3. The minimum absolute atomic E-state index is 0.0381. The van der Waals surface area contributed by atoms with Crippen molar-refractivity contribution in [3.63, 3.8) is 0 Å². The van der Waals surface area contributed by atoms with Crippen LogP contribution in [0.5, 0.6) is 0 Å². The zero-order chi connectivity index (χ0) is 16.6. The summed E-state index contributed by atoms with van der Waals surface area (Å²) in [4.78, 5) is 14.7. The van der Waals surface area contributed by atoms with Gasteiger partial charge in [-0.25, -0.2) is 4.98 Å². The lowest BCUT2D eigenvalue weighted by atomic mass is 10.1. The molecule has 9 heteroatoms. The average Bonchev–Trinajstić information content (AvgIpc) is 2.45. The first-order valence-electron chi connectivity index (χ1n) is 5.73. The van der Waals surface area contributed by atoms with Crippen LogP contribution in [0.4, 0.5) is 5.82 Å². The lowest BCUT2D eigenvalue weighted by molar-refractivity contribution is -0.136. The number of hydrogen-bond donors (Lipinski definition) is 2. The summed E-state index contributed by atoms with van der Waals surface area (Å²) in [7, 11) is 0. The Labute approximate surface area is 150 Å². The van der Waals surface area contributed by atoms with E-state index in [0.717, 1.165) is 0 Å². The zero-order valence-electron chi connectivity index (χ0n) is 10.6. The molecular formula is C13H7Cl5N2O2. The van der Waals surface area contributed by atoms with Crippen LogP contribution in [0.15, 0.2) is 12.1 Å². The first kappa shape index (κ1) is 17.4. The zero-order valence-corrected chi connectivity index (χ0v) is 14.4. The number of halogens is 5. The predicted octanol–water partition coefficient (Wildman–Crippen LogP) is 5.22. The van der Waals surface area contributed by atoms with Crippen molar-refractivity contribution in [3.8, 4) is 11.1 Å². The van der Waals surface area contributed by atoms with E-state index < -0.39 is 5.97 Å². The van der Waals surface area contributed by atoms with E-state index in [4.69, 9.17) is 68.8 Å². The third kappa shape index (κ3) is 3.21. The molecular weight excluding hydrogens is 393 g/mol. The molecule has 22 heavy (non-hydrogen) atoms. The van der Waals surface area contributed by atoms with Crippen molar-refractivity contribution in [1.29, 1.82) is 0 Å². The van der Waals surface area contributed by atoms with Crippen LogP contribution in [0.1, 0.15) is 5.69 Å². The average molecular weight is 400 g/mol. The van der Waals surface area contributed by atoms with Crippen LogP contribution in [-0.2, 0) is 11.2 Å². The van der Waals surface area contributed by atoms with E-state index in [1.165, 1.54) is 6.07 Å². The summed E-state index contributed by atoms with van der Waals surface area (Å²) in [5, 5.41) is 9.06. The number of carboxylic acids is 1. The molecule has 0 fully saturated rings. The summed E-state index contributed by atoms with van der Waals surface area (Å²) >= 11 is 30.3. The van der Waals surface area contributed by atoms with Crippen molar-refractivity contribution in [1.82, 2.24) is 4.98 Å². The van der Waals surface area contributed by atoms with Crippen molar-refractivity contribution >= 4 is 69.8 Å². The summed E-state index contributed by atoms with van der Waals surface area (Å²) in [5.74, 6) is -0.967. The smallest absolute Gasteiger partial charge is 0.309 e. The number of nitrogens with zero attached hydrogens (tertiary/aromatic N) is 1. The van der Waals surface area contributed by atoms with Crippen molar-refractivity contribution < 1.29 is 9.90 Å². The van der Waals surface area contributed by atoms with E-state index >= 15 is 0 Å². The van der Waals surface area contributed by atoms with Crippen LogP contribution >= 0.6 is 58.0 Å². The number of aliphatic carboxylic acids is 1. The molecule has 0 amide bonds. The Hall–Kier alpha value is -0.910. The summed E-state index contributed by atoms with van der Waals surface area (Å²) < 4.78 is 0. The molecule has 4 nitrogen and oxygen atoms in total. The van der Waals surface area contributed by atoms with E-state index in [-0.39, 0.29) is 42.9 Å². The summed E-state index contributed by atoms with van der Waals surface area (Å²) in [6.07, 6.45) is -0.256. The fourth-order valence-electron chi connectivity index (χ4n) is 1.82. The molecule has 1 aromatic carbocycles. The van der Waals surface area contributed by atoms with Crippen LogP contribution in [0.25, 0.3) is 11.1 Å². The number of benzene rings is 1. The predicted molar refractivity (Wildman–Crippen MR) is 90.5 cm³/mol. The number of carbonyl (C=O) groups is 1. The van der Waals surface area contributed by atoms with E-state index in [1.54, 1.807) is 6.07 Å². The molecule has 0 radical (unpaired) electrons. The van der Waals surface area contributed by atoms with Gasteiger partial charge in [0.05, 0.1) is 37.2 Å². The van der Waals surface area contributed by atoms with Crippen LogP contribution in [0, 0.1) is 0 Å².